The lowest BCUT2D eigenvalue weighted by atomic mass is 10.1. The number of hydrogen-bond donors (Lipinski definition) is 3. The third-order valence-electron chi connectivity index (χ3n) is 4.28. The SMILES string of the molecule is CCCC(NC(=O)Cc1cc(F)cc(F)c1)C(=O)Nc1cnc(NCCC(=O)OC)cn1. The summed E-state index contributed by atoms with van der Waals surface area (Å²) in [6, 6.07) is 1.99. The zero-order valence-electron chi connectivity index (χ0n) is 17.8. The smallest absolute Gasteiger partial charge is 0.307 e. The lowest BCUT2D eigenvalue weighted by Crippen LogP contribution is -2.44. The second-order valence-corrected chi connectivity index (χ2v) is 6.89. The highest BCUT2D eigenvalue weighted by Gasteiger charge is 2.21. The Labute approximate surface area is 184 Å². The van der Waals surface area contributed by atoms with E-state index in [9.17, 15) is 23.2 Å². The number of ether oxygens (including phenoxy) is 1. The Morgan fingerprint density at radius 2 is 1.72 bits per heavy atom. The summed E-state index contributed by atoms with van der Waals surface area (Å²) in [4.78, 5) is 44.1. The molecule has 1 atom stereocenters. The molecule has 0 aliphatic rings. The fraction of sp³-hybridized carbons (Fsp3) is 0.381. The van der Waals surface area contributed by atoms with E-state index in [-0.39, 0.29) is 30.2 Å². The minimum atomic E-state index is -0.856. The molecule has 2 rings (SSSR count). The molecule has 1 aromatic heterocycles. The van der Waals surface area contributed by atoms with E-state index in [0.717, 1.165) is 18.2 Å². The number of benzene rings is 1. The molecule has 0 aliphatic carbocycles. The van der Waals surface area contributed by atoms with Gasteiger partial charge in [-0.05, 0) is 24.1 Å². The number of nitrogens with zero attached hydrogens (tertiary/aromatic N) is 2. The van der Waals surface area contributed by atoms with E-state index in [2.05, 4.69) is 30.7 Å². The van der Waals surface area contributed by atoms with Crippen molar-refractivity contribution in [2.75, 3.05) is 24.3 Å². The molecular weight excluding hydrogens is 424 g/mol. The Morgan fingerprint density at radius 1 is 1.06 bits per heavy atom. The molecule has 0 saturated carbocycles. The lowest BCUT2D eigenvalue weighted by molar-refractivity contribution is -0.140. The van der Waals surface area contributed by atoms with Gasteiger partial charge in [-0.25, -0.2) is 18.7 Å². The molecule has 0 radical (unpaired) electrons. The molecule has 1 heterocycles. The number of amides is 2. The maximum absolute atomic E-state index is 13.3. The van der Waals surface area contributed by atoms with Crippen LogP contribution in [0.5, 0.6) is 0 Å². The molecule has 11 heteroatoms. The van der Waals surface area contributed by atoms with Crippen molar-refractivity contribution in [3.05, 3.63) is 47.8 Å². The van der Waals surface area contributed by atoms with Crippen LogP contribution in [-0.4, -0.2) is 47.4 Å². The predicted molar refractivity (Wildman–Crippen MR) is 113 cm³/mol. The van der Waals surface area contributed by atoms with Crippen LogP contribution in [0.2, 0.25) is 0 Å². The fourth-order valence-electron chi connectivity index (χ4n) is 2.79. The van der Waals surface area contributed by atoms with Gasteiger partial charge in [-0.3, -0.25) is 14.4 Å². The van der Waals surface area contributed by atoms with Crippen LogP contribution in [0.25, 0.3) is 0 Å². The number of anilines is 2. The summed E-state index contributed by atoms with van der Waals surface area (Å²) in [5.41, 5.74) is 0.164. The van der Waals surface area contributed by atoms with E-state index in [1.54, 1.807) is 0 Å². The van der Waals surface area contributed by atoms with Crippen LogP contribution in [0, 0.1) is 11.6 Å². The minimum Gasteiger partial charge on any atom is -0.469 e. The molecule has 2 aromatic rings. The number of methoxy groups -OCH3 is 1. The molecule has 1 aromatic carbocycles. The summed E-state index contributed by atoms with van der Waals surface area (Å²) in [5.74, 6) is -2.37. The maximum Gasteiger partial charge on any atom is 0.307 e. The molecule has 0 aliphatic heterocycles. The molecule has 32 heavy (non-hydrogen) atoms. The van der Waals surface area contributed by atoms with Gasteiger partial charge >= 0.3 is 5.97 Å². The van der Waals surface area contributed by atoms with Crippen molar-refractivity contribution in [3.8, 4) is 0 Å². The van der Waals surface area contributed by atoms with Gasteiger partial charge in [-0.1, -0.05) is 13.3 Å². The first kappa shape index (κ1) is 24.6. The number of aromatic nitrogens is 2. The van der Waals surface area contributed by atoms with E-state index in [0.29, 0.717) is 25.2 Å². The van der Waals surface area contributed by atoms with Crippen LogP contribution in [-0.2, 0) is 25.5 Å². The van der Waals surface area contributed by atoms with Crippen LogP contribution < -0.4 is 16.0 Å². The van der Waals surface area contributed by atoms with Gasteiger partial charge < -0.3 is 20.7 Å². The third kappa shape index (κ3) is 8.25. The average Bonchev–Trinajstić information content (AvgIpc) is 2.73. The van der Waals surface area contributed by atoms with Gasteiger partial charge in [0.15, 0.2) is 5.82 Å². The van der Waals surface area contributed by atoms with Crippen molar-refractivity contribution >= 4 is 29.4 Å². The molecule has 0 bridgehead atoms. The number of esters is 1. The quantitative estimate of drug-likeness (QED) is 0.450. The molecule has 0 spiro atoms. The summed E-state index contributed by atoms with van der Waals surface area (Å²) >= 11 is 0. The molecule has 9 nitrogen and oxygen atoms in total. The molecule has 1 unspecified atom stereocenters. The number of carbonyl (C=O) groups is 3. The van der Waals surface area contributed by atoms with Crippen molar-refractivity contribution in [1.29, 1.82) is 0 Å². The highest BCUT2D eigenvalue weighted by Crippen LogP contribution is 2.10. The topological polar surface area (TPSA) is 122 Å². The van der Waals surface area contributed by atoms with E-state index in [4.69, 9.17) is 0 Å². The van der Waals surface area contributed by atoms with Gasteiger partial charge in [-0.15, -0.1) is 0 Å². The third-order valence-corrected chi connectivity index (χ3v) is 4.28. The van der Waals surface area contributed by atoms with Crippen molar-refractivity contribution in [1.82, 2.24) is 15.3 Å². The molecule has 3 N–H and O–H groups in total. The normalized spacial score (nSPS) is 11.4. The number of halogens is 2. The fourth-order valence-corrected chi connectivity index (χ4v) is 2.79. The molecular formula is C21H25F2N5O4. The van der Waals surface area contributed by atoms with E-state index in [1.165, 1.54) is 19.5 Å². The largest absolute Gasteiger partial charge is 0.469 e. The predicted octanol–water partition coefficient (Wildman–Crippen LogP) is 2.20. The van der Waals surface area contributed by atoms with Crippen LogP contribution in [0.3, 0.4) is 0 Å². The van der Waals surface area contributed by atoms with Gasteiger partial charge in [0, 0.05) is 12.6 Å². The van der Waals surface area contributed by atoms with Crippen molar-refractivity contribution in [3.63, 3.8) is 0 Å². The Hall–Kier alpha value is -3.63. The van der Waals surface area contributed by atoms with Crippen LogP contribution in [0.15, 0.2) is 30.6 Å². The maximum atomic E-state index is 13.3. The molecule has 0 saturated heterocycles. The highest BCUT2D eigenvalue weighted by molar-refractivity contribution is 5.96. The zero-order valence-corrected chi connectivity index (χ0v) is 17.8. The lowest BCUT2D eigenvalue weighted by Gasteiger charge is -2.17. The van der Waals surface area contributed by atoms with Crippen molar-refractivity contribution in [2.45, 2.75) is 38.6 Å². The Morgan fingerprint density at radius 3 is 2.31 bits per heavy atom. The second kappa shape index (κ2) is 12.3. The summed E-state index contributed by atoms with van der Waals surface area (Å²) in [6.07, 6.45) is 3.58. The van der Waals surface area contributed by atoms with Crippen molar-refractivity contribution in [2.24, 2.45) is 0 Å². The number of rotatable bonds is 11. The summed E-state index contributed by atoms with van der Waals surface area (Å²) in [6.45, 7) is 2.16. The number of hydrogen-bond acceptors (Lipinski definition) is 7. The Balaban J connectivity index is 1.91. The Bertz CT molecular complexity index is 920. The number of carbonyl (C=O) groups excluding carboxylic acids is 3. The molecule has 2 amide bonds. The van der Waals surface area contributed by atoms with Gasteiger partial charge in [-0.2, -0.15) is 0 Å². The standard InChI is InChI=1S/C21H25F2N5O4/c1-3-4-16(27-19(29)9-13-7-14(22)10-15(23)8-13)21(31)28-18-12-25-17(11-26-18)24-6-5-20(30)32-2/h7-8,10-12,16H,3-6,9H2,1-2H3,(H,24,25)(H,27,29)(H,26,28,31). The summed E-state index contributed by atoms with van der Waals surface area (Å²) < 4.78 is 31.2. The van der Waals surface area contributed by atoms with Crippen LogP contribution >= 0.6 is 0 Å². The van der Waals surface area contributed by atoms with Crippen LogP contribution in [0.1, 0.15) is 31.7 Å². The highest BCUT2D eigenvalue weighted by atomic mass is 19.1. The minimum absolute atomic E-state index is 0.164. The zero-order chi connectivity index (χ0) is 23.5. The molecule has 172 valence electrons. The van der Waals surface area contributed by atoms with Gasteiger partial charge in [0.05, 0.1) is 32.3 Å². The van der Waals surface area contributed by atoms with Crippen molar-refractivity contribution < 1.29 is 27.9 Å². The van der Waals surface area contributed by atoms with E-state index < -0.39 is 29.5 Å². The Kier molecular flexibility index (Phi) is 9.45. The van der Waals surface area contributed by atoms with Crippen LogP contribution in [0.4, 0.5) is 20.4 Å². The first-order valence-corrected chi connectivity index (χ1v) is 9.98. The van der Waals surface area contributed by atoms with Gasteiger partial charge in [0.1, 0.15) is 23.5 Å². The summed E-state index contributed by atoms with van der Waals surface area (Å²) in [5, 5.41) is 8.05. The number of nitrogens with one attached hydrogen (secondary N) is 3. The van der Waals surface area contributed by atoms with E-state index in [1.807, 2.05) is 6.92 Å². The first-order chi connectivity index (χ1) is 15.3. The monoisotopic (exact) mass is 449 g/mol. The first-order valence-electron chi connectivity index (χ1n) is 9.98. The average molecular weight is 449 g/mol. The molecule has 0 fully saturated rings. The summed E-state index contributed by atoms with van der Waals surface area (Å²) in [7, 11) is 1.30. The van der Waals surface area contributed by atoms with E-state index >= 15 is 0 Å². The second-order valence-electron chi connectivity index (χ2n) is 6.89. The van der Waals surface area contributed by atoms with Gasteiger partial charge in [0.25, 0.3) is 0 Å². The van der Waals surface area contributed by atoms with Gasteiger partial charge in [0.2, 0.25) is 11.8 Å².